The fourth-order valence-electron chi connectivity index (χ4n) is 3.26. The number of aromatic nitrogens is 2. The number of aromatic amines is 1. The lowest BCUT2D eigenvalue weighted by Crippen LogP contribution is -2.42. The maximum absolute atomic E-state index is 12.3. The third-order valence-electron chi connectivity index (χ3n) is 4.74. The summed E-state index contributed by atoms with van der Waals surface area (Å²) < 4.78 is 17.4. The van der Waals surface area contributed by atoms with E-state index in [1.54, 1.807) is 30.3 Å². The summed E-state index contributed by atoms with van der Waals surface area (Å²) in [4.78, 5) is 49.9. The molecule has 1 aliphatic heterocycles. The number of ether oxygens (including phenoxy) is 3. The van der Waals surface area contributed by atoms with Crippen molar-refractivity contribution in [1.29, 1.82) is 0 Å². The molecule has 2 aromatic rings. The van der Waals surface area contributed by atoms with E-state index in [2.05, 4.69) is 4.98 Å². The van der Waals surface area contributed by atoms with Crippen molar-refractivity contribution in [3.63, 3.8) is 0 Å². The van der Waals surface area contributed by atoms with E-state index < -0.39 is 53.8 Å². The van der Waals surface area contributed by atoms with Gasteiger partial charge in [0.25, 0.3) is 5.56 Å². The van der Waals surface area contributed by atoms with Gasteiger partial charge in [0.2, 0.25) is 0 Å². The Morgan fingerprint density at radius 2 is 1.90 bits per heavy atom. The first-order valence-corrected chi connectivity index (χ1v) is 9.28. The van der Waals surface area contributed by atoms with Gasteiger partial charge in [-0.15, -0.1) is 0 Å². The van der Waals surface area contributed by atoms with Crippen LogP contribution in [0.25, 0.3) is 0 Å². The third-order valence-corrected chi connectivity index (χ3v) is 4.74. The van der Waals surface area contributed by atoms with Crippen molar-refractivity contribution in [2.45, 2.75) is 51.4 Å². The molecule has 0 bridgehead atoms. The number of aliphatic hydroxyl groups is 1. The van der Waals surface area contributed by atoms with E-state index >= 15 is 0 Å². The number of benzene rings is 1. The van der Waals surface area contributed by atoms with Gasteiger partial charge in [-0.2, -0.15) is 0 Å². The van der Waals surface area contributed by atoms with Crippen LogP contribution in [0.2, 0.25) is 0 Å². The van der Waals surface area contributed by atoms with Crippen LogP contribution in [-0.2, 0) is 19.0 Å². The van der Waals surface area contributed by atoms with Crippen LogP contribution in [0.1, 0.15) is 36.0 Å². The summed E-state index contributed by atoms with van der Waals surface area (Å²) in [6, 6.07) is 8.27. The Bertz CT molecular complexity index is 1040. The summed E-state index contributed by atoms with van der Waals surface area (Å²) in [6.07, 6.45) is -4.65. The minimum atomic E-state index is -1.39. The van der Waals surface area contributed by atoms with Crippen molar-refractivity contribution < 1.29 is 28.9 Å². The van der Waals surface area contributed by atoms with E-state index in [1.807, 2.05) is 0 Å². The van der Waals surface area contributed by atoms with E-state index in [4.69, 9.17) is 14.2 Å². The summed E-state index contributed by atoms with van der Waals surface area (Å²) in [5, 5.41) is 10.7. The van der Waals surface area contributed by atoms with Gasteiger partial charge in [0.05, 0.1) is 5.56 Å². The summed E-state index contributed by atoms with van der Waals surface area (Å²) in [6.45, 7) is 4.16. The Morgan fingerprint density at radius 3 is 2.53 bits per heavy atom. The van der Waals surface area contributed by atoms with E-state index in [9.17, 15) is 24.3 Å². The average Bonchev–Trinajstić information content (AvgIpc) is 3.01. The quantitative estimate of drug-likeness (QED) is 0.661. The molecule has 10 heteroatoms. The Balaban J connectivity index is 1.87. The molecular formula is C20H22N2O8. The number of nitrogens with one attached hydrogen (secondary N) is 1. The van der Waals surface area contributed by atoms with Crippen molar-refractivity contribution in [3.05, 3.63) is 68.5 Å². The van der Waals surface area contributed by atoms with Crippen molar-refractivity contribution in [2.75, 3.05) is 0 Å². The highest BCUT2D eigenvalue weighted by molar-refractivity contribution is 5.89. The first-order valence-electron chi connectivity index (χ1n) is 9.28. The number of hydrogen-bond acceptors (Lipinski definition) is 8. The monoisotopic (exact) mass is 418 g/mol. The summed E-state index contributed by atoms with van der Waals surface area (Å²) in [7, 11) is 0. The molecule has 160 valence electrons. The maximum atomic E-state index is 12.3. The van der Waals surface area contributed by atoms with Gasteiger partial charge in [-0.3, -0.25) is 19.1 Å². The van der Waals surface area contributed by atoms with Crippen LogP contribution in [-0.4, -0.2) is 51.0 Å². The second-order valence-corrected chi connectivity index (χ2v) is 7.01. The van der Waals surface area contributed by atoms with Crippen molar-refractivity contribution >= 4 is 11.9 Å². The molecule has 0 saturated carbocycles. The largest absolute Gasteiger partial charge is 0.456 e. The summed E-state index contributed by atoms with van der Waals surface area (Å²) in [5.41, 5.74) is -0.825. The standard InChI is InChI=1S/C20H22N2O8/c1-10-9-22(20(27)21-17(10)25)18-16(29-12(3)23)14(24)15(30-18)11(2)28-19(26)13-7-5-4-6-8-13/h4-9,11,14-16,18,24H,1-3H3,(H,21,25,27)/t11-,14-,15-,16-,18-/m1/s1. The van der Waals surface area contributed by atoms with Gasteiger partial charge in [0, 0.05) is 18.7 Å². The summed E-state index contributed by atoms with van der Waals surface area (Å²) in [5.74, 6) is -1.32. The van der Waals surface area contributed by atoms with Crippen molar-refractivity contribution in [2.24, 2.45) is 0 Å². The van der Waals surface area contributed by atoms with Gasteiger partial charge < -0.3 is 19.3 Å². The van der Waals surface area contributed by atoms with Crippen LogP contribution in [0.3, 0.4) is 0 Å². The first-order chi connectivity index (χ1) is 14.2. The highest BCUT2D eigenvalue weighted by Gasteiger charge is 2.50. The number of rotatable bonds is 5. The zero-order chi connectivity index (χ0) is 22.0. The van der Waals surface area contributed by atoms with Gasteiger partial charge in [0.1, 0.15) is 18.3 Å². The van der Waals surface area contributed by atoms with Crippen LogP contribution in [0.4, 0.5) is 0 Å². The molecule has 0 unspecified atom stereocenters. The van der Waals surface area contributed by atoms with Gasteiger partial charge >= 0.3 is 17.6 Å². The van der Waals surface area contributed by atoms with Crippen LogP contribution in [0.5, 0.6) is 0 Å². The smallest absolute Gasteiger partial charge is 0.338 e. The average molecular weight is 418 g/mol. The molecular weight excluding hydrogens is 396 g/mol. The summed E-state index contributed by atoms with van der Waals surface area (Å²) >= 11 is 0. The zero-order valence-electron chi connectivity index (χ0n) is 16.6. The lowest BCUT2D eigenvalue weighted by molar-refractivity contribution is -0.156. The van der Waals surface area contributed by atoms with Crippen LogP contribution >= 0.6 is 0 Å². The number of nitrogens with zero attached hydrogens (tertiary/aromatic N) is 1. The molecule has 0 radical (unpaired) electrons. The predicted molar refractivity (Wildman–Crippen MR) is 103 cm³/mol. The number of esters is 2. The molecule has 0 aliphatic carbocycles. The molecule has 1 fully saturated rings. The van der Waals surface area contributed by atoms with E-state index in [0.29, 0.717) is 5.56 Å². The molecule has 30 heavy (non-hydrogen) atoms. The molecule has 3 rings (SSSR count). The number of carbonyl (C=O) groups is 2. The topological polar surface area (TPSA) is 137 Å². The minimum absolute atomic E-state index is 0.223. The van der Waals surface area contributed by atoms with E-state index in [1.165, 1.54) is 20.0 Å². The molecule has 0 spiro atoms. The molecule has 2 N–H and O–H groups in total. The fraction of sp³-hybridized carbons (Fsp3) is 0.400. The highest BCUT2D eigenvalue weighted by atomic mass is 16.6. The second kappa shape index (κ2) is 8.64. The fourth-order valence-corrected chi connectivity index (χ4v) is 3.26. The SMILES string of the molecule is CC(=O)O[C@@H]1[C@H](O)[C@@H]([C@@H](C)OC(=O)c2ccccc2)O[C@H]1n1cc(C)c(=O)[nH]c1=O. The zero-order valence-corrected chi connectivity index (χ0v) is 16.6. The lowest BCUT2D eigenvalue weighted by atomic mass is 10.1. The number of aryl methyl sites for hydroxylation is 1. The van der Waals surface area contributed by atoms with Crippen LogP contribution < -0.4 is 11.2 Å². The van der Waals surface area contributed by atoms with Gasteiger partial charge in [-0.25, -0.2) is 9.59 Å². The van der Waals surface area contributed by atoms with Gasteiger partial charge in [-0.1, -0.05) is 18.2 Å². The van der Waals surface area contributed by atoms with Gasteiger partial charge in [-0.05, 0) is 26.0 Å². The third kappa shape index (κ3) is 4.34. The molecule has 5 atom stereocenters. The normalized spacial score (nSPS) is 24.3. The van der Waals surface area contributed by atoms with E-state index in [-0.39, 0.29) is 5.56 Å². The Morgan fingerprint density at radius 1 is 1.23 bits per heavy atom. The van der Waals surface area contributed by atoms with Crippen LogP contribution in [0.15, 0.2) is 46.1 Å². The number of carbonyl (C=O) groups excluding carboxylic acids is 2. The number of H-pyrrole nitrogens is 1. The van der Waals surface area contributed by atoms with Gasteiger partial charge in [0.15, 0.2) is 12.3 Å². The van der Waals surface area contributed by atoms with Crippen LogP contribution in [0, 0.1) is 6.92 Å². The van der Waals surface area contributed by atoms with E-state index in [0.717, 1.165) is 11.5 Å². The molecule has 1 aromatic carbocycles. The molecule has 1 saturated heterocycles. The number of aliphatic hydroxyl groups excluding tert-OH is 1. The van der Waals surface area contributed by atoms with Crippen molar-refractivity contribution in [3.8, 4) is 0 Å². The molecule has 10 nitrogen and oxygen atoms in total. The Labute approximate surface area is 171 Å². The lowest BCUT2D eigenvalue weighted by Gasteiger charge is -2.22. The molecule has 2 heterocycles. The maximum Gasteiger partial charge on any atom is 0.338 e. The second-order valence-electron chi connectivity index (χ2n) is 7.01. The molecule has 1 aliphatic rings. The Hall–Kier alpha value is -3.24. The molecule has 0 amide bonds. The predicted octanol–water partition coefficient (Wildman–Crippen LogP) is 0.281. The number of hydrogen-bond donors (Lipinski definition) is 2. The Kier molecular flexibility index (Phi) is 6.18. The first kappa shape index (κ1) is 21.5. The minimum Gasteiger partial charge on any atom is -0.456 e. The molecule has 1 aromatic heterocycles. The van der Waals surface area contributed by atoms with Crippen molar-refractivity contribution in [1.82, 2.24) is 9.55 Å². The highest BCUT2D eigenvalue weighted by Crippen LogP contribution is 2.33.